The van der Waals surface area contributed by atoms with Crippen molar-refractivity contribution in [1.29, 1.82) is 0 Å². The minimum atomic E-state index is -0.541. The molecule has 0 aliphatic rings. The molecule has 1 atom stereocenters. The zero-order valence-corrected chi connectivity index (χ0v) is 15.0. The quantitative estimate of drug-likeness (QED) is 0.883. The van der Waals surface area contributed by atoms with Gasteiger partial charge in [0.05, 0.1) is 4.88 Å². The highest BCUT2D eigenvalue weighted by Gasteiger charge is 2.19. The van der Waals surface area contributed by atoms with Crippen LogP contribution in [0.3, 0.4) is 0 Å². The third-order valence-electron chi connectivity index (χ3n) is 3.12. The lowest BCUT2D eigenvalue weighted by atomic mass is 10.2. The van der Waals surface area contributed by atoms with Crippen LogP contribution < -0.4 is 5.32 Å². The molecule has 1 aromatic carbocycles. The van der Waals surface area contributed by atoms with Crippen LogP contribution in [0.15, 0.2) is 40.9 Å². The number of carbonyl (C=O) groups excluding carboxylic acids is 2. The minimum absolute atomic E-state index is 0.127. The molecule has 0 saturated heterocycles. The molecule has 2 rings (SSSR count). The van der Waals surface area contributed by atoms with E-state index >= 15 is 0 Å². The van der Waals surface area contributed by atoms with Gasteiger partial charge in [-0.15, -0.1) is 11.3 Å². The first-order valence-corrected chi connectivity index (χ1v) is 8.37. The van der Waals surface area contributed by atoms with Crippen molar-refractivity contribution in [3.05, 3.63) is 45.7 Å². The summed E-state index contributed by atoms with van der Waals surface area (Å²) in [6.45, 7) is 1.68. The van der Waals surface area contributed by atoms with E-state index in [0.29, 0.717) is 4.88 Å². The molecule has 0 bridgehead atoms. The van der Waals surface area contributed by atoms with E-state index in [-0.39, 0.29) is 11.8 Å². The zero-order chi connectivity index (χ0) is 16.3. The zero-order valence-electron chi connectivity index (χ0n) is 12.6. The summed E-state index contributed by atoms with van der Waals surface area (Å²) in [5.41, 5.74) is 1.06. The molecule has 0 fully saturated rings. The molecule has 6 heteroatoms. The van der Waals surface area contributed by atoms with Gasteiger partial charge in [-0.25, -0.2) is 0 Å². The van der Waals surface area contributed by atoms with Crippen LogP contribution >= 0.6 is 27.3 Å². The van der Waals surface area contributed by atoms with E-state index in [9.17, 15) is 9.59 Å². The average Bonchev–Trinajstić information content (AvgIpc) is 2.96. The molecule has 1 aromatic heterocycles. The van der Waals surface area contributed by atoms with Gasteiger partial charge in [-0.05, 0) is 36.8 Å². The monoisotopic (exact) mass is 380 g/mol. The molecule has 2 amide bonds. The van der Waals surface area contributed by atoms with Gasteiger partial charge < -0.3 is 10.2 Å². The highest BCUT2D eigenvalue weighted by molar-refractivity contribution is 9.10. The third kappa shape index (κ3) is 3.96. The lowest BCUT2D eigenvalue weighted by Crippen LogP contribution is -2.44. The maximum Gasteiger partial charge on any atom is 0.262 e. The molecule has 1 N–H and O–H groups in total. The summed E-state index contributed by atoms with van der Waals surface area (Å²) >= 11 is 4.81. The van der Waals surface area contributed by atoms with Crippen molar-refractivity contribution >= 4 is 39.1 Å². The summed E-state index contributed by atoms with van der Waals surface area (Å²) in [5, 5.41) is 2.72. The minimum Gasteiger partial charge on any atom is -0.347 e. The summed E-state index contributed by atoms with van der Waals surface area (Å²) in [5.74, 6) is -0.353. The molecular formula is C16H17BrN2O2S. The second-order valence-electron chi connectivity index (χ2n) is 5.10. The lowest BCUT2D eigenvalue weighted by Gasteiger charge is -2.17. The highest BCUT2D eigenvalue weighted by atomic mass is 79.9. The van der Waals surface area contributed by atoms with E-state index in [1.165, 1.54) is 16.2 Å². The molecule has 22 heavy (non-hydrogen) atoms. The fourth-order valence-electron chi connectivity index (χ4n) is 1.95. The fourth-order valence-corrected chi connectivity index (χ4v) is 3.13. The number of thiophene rings is 1. The molecule has 2 aromatic rings. The molecule has 0 saturated carbocycles. The molecule has 1 unspecified atom stereocenters. The van der Waals surface area contributed by atoms with Gasteiger partial charge in [0.15, 0.2) is 0 Å². The van der Waals surface area contributed by atoms with Gasteiger partial charge in [0, 0.05) is 23.4 Å². The lowest BCUT2D eigenvalue weighted by molar-refractivity contribution is -0.130. The Bertz CT molecular complexity index is 680. The summed E-state index contributed by atoms with van der Waals surface area (Å²) in [6.07, 6.45) is 0. The number of benzene rings is 1. The van der Waals surface area contributed by atoms with Gasteiger partial charge in [0.2, 0.25) is 5.91 Å². The van der Waals surface area contributed by atoms with Crippen molar-refractivity contribution in [2.45, 2.75) is 13.0 Å². The Labute approximate surface area is 142 Å². The summed E-state index contributed by atoms with van der Waals surface area (Å²) in [7, 11) is 3.34. The molecule has 0 spiro atoms. The number of hydrogen-bond acceptors (Lipinski definition) is 3. The number of amides is 2. The Hall–Kier alpha value is -1.66. The number of halogens is 1. The van der Waals surface area contributed by atoms with Gasteiger partial charge in [0.25, 0.3) is 5.91 Å². The highest BCUT2D eigenvalue weighted by Crippen LogP contribution is 2.29. The maximum atomic E-state index is 12.2. The van der Waals surface area contributed by atoms with E-state index < -0.39 is 6.04 Å². The third-order valence-corrected chi connectivity index (χ3v) is 4.78. The summed E-state index contributed by atoms with van der Waals surface area (Å²) < 4.78 is 1.02. The van der Waals surface area contributed by atoms with E-state index in [0.717, 1.165) is 14.9 Å². The van der Waals surface area contributed by atoms with Crippen molar-refractivity contribution in [1.82, 2.24) is 10.2 Å². The van der Waals surface area contributed by atoms with Crippen LogP contribution in [0.1, 0.15) is 16.6 Å². The number of rotatable bonds is 4. The van der Waals surface area contributed by atoms with E-state index in [4.69, 9.17) is 0 Å². The molecular weight excluding hydrogens is 364 g/mol. The van der Waals surface area contributed by atoms with Crippen LogP contribution in [0.4, 0.5) is 0 Å². The number of likely N-dealkylation sites (N-methyl/N-ethyl adjacent to an activating group) is 1. The predicted molar refractivity (Wildman–Crippen MR) is 93.1 cm³/mol. The molecule has 1 heterocycles. The average molecular weight is 381 g/mol. The number of carbonyl (C=O) groups is 2. The second kappa shape index (κ2) is 7.07. The topological polar surface area (TPSA) is 49.4 Å². The van der Waals surface area contributed by atoms with Gasteiger partial charge in [0.1, 0.15) is 6.04 Å². The van der Waals surface area contributed by atoms with Crippen molar-refractivity contribution in [2.75, 3.05) is 14.1 Å². The van der Waals surface area contributed by atoms with Crippen LogP contribution in [-0.4, -0.2) is 36.9 Å². The molecule has 0 radical (unpaired) electrons. The van der Waals surface area contributed by atoms with Crippen LogP contribution in [0.5, 0.6) is 0 Å². The Kier molecular flexibility index (Phi) is 5.37. The fraction of sp³-hybridized carbons (Fsp3) is 0.250. The van der Waals surface area contributed by atoms with E-state index in [1.54, 1.807) is 27.1 Å². The Morgan fingerprint density at radius 1 is 1.14 bits per heavy atom. The molecule has 0 aliphatic heterocycles. The van der Waals surface area contributed by atoms with Gasteiger partial charge in [-0.1, -0.05) is 28.1 Å². The van der Waals surface area contributed by atoms with Crippen molar-refractivity contribution in [2.24, 2.45) is 0 Å². The largest absolute Gasteiger partial charge is 0.347 e. The van der Waals surface area contributed by atoms with Crippen LogP contribution in [0.2, 0.25) is 0 Å². The maximum absolute atomic E-state index is 12.2. The van der Waals surface area contributed by atoms with Crippen LogP contribution in [-0.2, 0) is 4.79 Å². The van der Waals surface area contributed by atoms with Crippen LogP contribution in [0, 0.1) is 0 Å². The van der Waals surface area contributed by atoms with Crippen molar-refractivity contribution < 1.29 is 9.59 Å². The first kappa shape index (κ1) is 16.7. The molecule has 116 valence electrons. The van der Waals surface area contributed by atoms with E-state index in [1.807, 2.05) is 30.3 Å². The Balaban J connectivity index is 2.09. The first-order valence-electron chi connectivity index (χ1n) is 6.76. The second-order valence-corrected chi connectivity index (χ2v) is 7.10. The Morgan fingerprint density at radius 3 is 2.36 bits per heavy atom. The Morgan fingerprint density at radius 2 is 1.77 bits per heavy atom. The smallest absolute Gasteiger partial charge is 0.262 e. The SMILES string of the molecule is CC(NC(=O)c1ccc(-c2ccc(Br)cc2)s1)C(=O)N(C)C. The van der Waals surface area contributed by atoms with Gasteiger partial charge in [-0.3, -0.25) is 9.59 Å². The number of nitrogens with zero attached hydrogens (tertiary/aromatic N) is 1. The van der Waals surface area contributed by atoms with Gasteiger partial charge >= 0.3 is 0 Å². The van der Waals surface area contributed by atoms with E-state index in [2.05, 4.69) is 21.2 Å². The number of hydrogen-bond donors (Lipinski definition) is 1. The standard InChI is InChI=1S/C16H17BrN2O2S/c1-10(16(21)19(2)3)18-15(20)14-9-8-13(22-14)11-4-6-12(17)7-5-11/h4-10H,1-3H3,(H,18,20). The first-order chi connectivity index (χ1) is 10.4. The van der Waals surface area contributed by atoms with Crippen molar-refractivity contribution in [3.63, 3.8) is 0 Å². The molecule has 4 nitrogen and oxygen atoms in total. The number of nitrogens with one attached hydrogen (secondary N) is 1. The van der Waals surface area contributed by atoms with Gasteiger partial charge in [-0.2, -0.15) is 0 Å². The predicted octanol–water partition coefficient (Wildman–Crippen LogP) is 3.38. The summed E-state index contributed by atoms with van der Waals surface area (Å²) in [6, 6.07) is 11.1. The van der Waals surface area contributed by atoms with Crippen molar-refractivity contribution in [3.8, 4) is 10.4 Å². The normalized spacial score (nSPS) is 11.8. The van der Waals surface area contributed by atoms with Crippen LogP contribution in [0.25, 0.3) is 10.4 Å². The summed E-state index contributed by atoms with van der Waals surface area (Å²) in [4.78, 5) is 27.1. The molecule has 0 aliphatic carbocycles.